The van der Waals surface area contributed by atoms with Crippen LogP contribution in [0.5, 0.6) is 0 Å². The Kier molecular flexibility index (Phi) is 5.58. The van der Waals surface area contributed by atoms with Crippen molar-refractivity contribution in [3.63, 3.8) is 0 Å². The molecule has 1 N–H and O–H groups in total. The maximum absolute atomic E-state index is 4.65. The number of hydrogen-bond acceptors (Lipinski definition) is 5. The lowest BCUT2D eigenvalue weighted by atomic mass is 10.2. The fourth-order valence-corrected chi connectivity index (χ4v) is 1.94. The Morgan fingerprint density at radius 3 is 2.29 bits per heavy atom. The zero-order valence-electron chi connectivity index (χ0n) is 11.5. The molecule has 98 valence electrons. The molecule has 0 fully saturated rings. The minimum Gasteiger partial charge on any atom is -0.310 e. The van der Waals surface area contributed by atoms with Crippen LogP contribution in [0.2, 0.25) is 0 Å². The van der Waals surface area contributed by atoms with Gasteiger partial charge in [0.2, 0.25) is 0 Å². The van der Waals surface area contributed by atoms with E-state index in [-0.39, 0.29) is 0 Å². The summed E-state index contributed by atoms with van der Waals surface area (Å²) in [4.78, 5) is 2.46. The van der Waals surface area contributed by atoms with Crippen molar-refractivity contribution in [1.82, 2.24) is 20.5 Å². The molecular weight excluding hydrogens is 216 g/mol. The number of aromatic nitrogens is 2. The molecule has 0 atom stereocenters. The van der Waals surface area contributed by atoms with Crippen LogP contribution in [-0.4, -0.2) is 40.4 Å². The van der Waals surface area contributed by atoms with Crippen molar-refractivity contribution >= 4 is 0 Å². The van der Waals surface area contributed by atoms with Crippen LogP contribution in [0.15, 0.2) is 4.63 Å². The van der Waals surface area contributed by atoms with Crippen LogP contribution in [0.3, 0.4) is 0 Å². The second-order valence-electron chi connectivity index (χ2n) is 4.90. The first kappa shape index (κ1) is 14.1. The van der Waals surface area contributed by atoms with Gasteiger partial charge in [-0.3, -0.25) is 4.90 Å². The van der Waals surface area contributed by atoms with Gasteiger partial charge in [0.05, 0.1) is 0 Å². The molecule has 0 bridgehead atoms. The first-order valence-electron chi connectivity index (χ1n) is 6.27. The van der Waals surface area contributed by atoms with E-state index in [1.54, 1.807) is 0 Å². The summed E-state index contributed by atoms with van der Waals surface area (Å²) >= 11 is 0. The zero-order valence-corrected chi connectivity index (χ0v) is 11.5. The van der Waals surface area contributed by atoms with Crippen molar-refractivity contribution in [2.24, 2.45) is 0 Å². The van der Waals surface area contributed by atoms with Gasteiger partial charge in [0.15, 0.2) is 0 Å². The third kappa shape index (κ3) is 4.44. The standard InChI is InChI=1S/C12H24N4O/c1-9(2)16(10(3)4)7-6-13-8-12-11(5)14-17-15-12/h9-10,13H,6-8H2,1-5H3. The third-order valence-corrected chi connectivity index (χ3v) is 2.91. The molecule has 0 aliphatic carbocycles. The Labute approximate surface area is 104 Å². The molecule has 1 aromatic rings. The smallest absolute Gasteiger partial charge is 0.121 e. The number of aryl methyl sites for hydroxylation is 1. The highest BCUT2D eigenvalue weighted by Gasteiger charge is 2.12. The van der Waals surface area contributed by atoms with Crippen molar-refractivity contribution < 1.29 is 4.63 Å². The predicted octanol–water partition coefficient (Wildman–Crippen LogP) is 1.59. The van der Waals surface area contributed by atoms with E-state index >= 15 is 0 Å². The summed E-state index contributed by atoms with van der Waals surface area (Å²) < 4.78 is 4.65. The van der Waals surface area contributed by atoms with E-state index in [0.29, 0.717) is 12.1 Å². The molecule has 0 aliphatic rings. The Morgan fingerprint density at radius 1 is 1.18 bits per heavy atom. The van der Waals surface area contributed by atoms with E-state index in [9.17, 15) is 0 Å². The van der Waals surface area contributed by atoms with Crippen LogP contribution < -0.4 is 5.32 Å². The van der Waals surface area contributed by atoms with Gasteiger partial charge in [0.1, 0.15) is 11.4 Å². The van der Waals surface area contributed by atoms with Gasteiger partial charge in [-0.15, -0.1) is 0 Å². The molecule has 1 heterocycles. The lowest BCUT2D eigenvalue weighted by Gasteiger charge is -2.30. The summed E-state index contributed by atoms with van der Waals surface area (Å²) in [5.74, 6) is 0. The van der Waals surface area contributed by atoms with Crippen molar-refractivity contribution in [3.05, 3.63) is 11.4 Å². The summed E-state index contributed by atoms with van der Waals surface area (Å²) in [5, 5.41) is 11.0. The molecule has 0 saturated carbocycles. The molecule has 5 nitrogen and oxygen atoms in total. The third-order valence-electron chi connectivity index (χ3n) is 2.91. The molecule has 1 aromatic heterocycles. The lowest BCUT2D eigenvalue weighted by Crippen LogP contribution is -2.41. The van der Waals surface area contributed by atoms with Crippen LogP contribution in [0, 0.1) is 6.92 Å². The summed E-state index contributed by atoms with van der Waals surface area (Å²) in [6, 6.07) is 1.15. The van der Waals surface area contributed by atoms with Crippen molar-refractivity contribution in [3.8, 4) is 0 Å². The minimum atomic E-state index is 0.576. The van der Waals surface area contributed by atoms with Crippen molar-refractivity contribution in [1.29, 1.82) is 0 Å². The topological polar surface area (TPSA) is 54.2 Å². The monoisotopic (exact) mass is 240 g/mol. The van der Waals surface area contributed by atoms with Gasteiger partial charge in [0, 0.05) is 31.7 Å². The van der Waals surface area contributed by atoms with Gasteiger partial charge in [0.25, 0.3) is 0 Å². The quantitative estimate of drug-likeness (QED) is 0.733. The normalized spacial score (nSPS) is 12.0. The van der Waals surface area contributed by atoms with Crippen LogP contribution >= 0.6 is 0 Å². The van der Waals surface area contributed by atoms with Gasteiger partial charge in [-0.05, 0) is 34.6 Å². The average molecular weight is 240 g/mol. The Hall–Kier alpha value is -0.940. The predicted molar refractivity (Wildman–Crippen MR) is 67.7 cm³/mol. The summed E-state index contributed by atoms with van der Waals surface area (Å²) in [5.41, 5.74) is 1.76. The first-order chi connectivity index (χ1) is 8.02. The SMILES string of the molecule is Cc1nonc1CNCCN(C(C)C)C(C)C. The molecule has 5 heteroatoms. The molecule has 0 amide bonds. The maximum atomic E-state index is 4.65. The molecule has 0 aliphatic heterocycles. The van der Waals surface area contributed by atoms with Crippen LogP contribution in [0.25, 0.3) is 0 Å². The fourth-order valence-electron chi connectivity index (χ4n) is 1.94. The second-order valence-corrected chi connectivity index (χ2v) is 4.90. The summed E-state index contributed by atoms with van der Waals surface area (Å²) in [6.45, 7) is 13.5. The molecule has 0 radical (unpaired) electrons. The van der Waals surface area contributed by atoms with E-state index in [2.05, 4.69) is 52.9 Å². The fraction of sp³-hybridized carbons (Fsp3) is 0.833. The molecule has 1 rings (SSSR count). The van der Waals surface area contributed by atoms with Crippen LogP contribution in [-0.2, 0) is 6.54 Å². The van der Waals surface area contributed by atoms with Crippen LogP contribution in [0.4, 0.5) is 0 Å². The Bertz CT molecular complexity index is 314. The molecule has 0 saturated heterocycles. The highest BCUT2D eigenvalue weighted by Crippen LogP contribution is 2.04. The van der Waals surface area contributed by atoms with E-state index in [4.69, 9.17) is 0 Å². The van der Waals surface area contributed by atoms with Gasteiger partial charge < -0.3 is 5.32 Å². The van der Waals surface area contributed by atoms with E-state index in [1.807, 2.05) is 6.92 Å². The molecule has 17 heavy (non-hydrogen) atoms. The average Bonchev–Trinajstić information content (AvgIpc) is 2.63. The number of rotatable bonds is 7. The van der Waals surface area contributed by atoms with Crippen LogP contribution in [0.1, 0.15) is 39.1 Å². The first-order valence-corrected chi connectivity index (χ1v) is 6.27. The van der Waals surface area contributed by atoms with Gasteiger partial charge >= 0.3 is 0 Å². The Morgan fingerprint density at radius 2 is 1.82 bits per heavy atom. The maximum Gasteiger partial charge on any atom is 0.121 e. The van der Waals surface area contributed by atoms with Gasteiger partial charge in [-0.1, -0.05) is 10.3 Å². The Balaban J connectivity index is 2.25. The number of nitrogens with one attached hydrogen (secondary N) is 1. The number of hydrogen-bond donors (Lipinski definition) is 1. The molecule has 0 unspecified atom stereocenters. The molecular formula is C12H24N4O. The van der Waals surface area contributed by atoms with E-state index in [0.717, 1.165) is 31.0 Å². The number of nitrogens with zero attached hydrogens (tertiary/aromatic N) is 3. The largest absolute Gasteiger partial charge is 0.310 e. The van der Waals surface area contributed by atoms with Crippen molar-refractivity contribution in [2.45, 2.75) is 53.2 Å². The minimum absolute atomic E-state index is 0.576. The van der Waals surface area contributed by atoms with E-state index < -0.39 is 0 Å². The lowest BCUT2D eigenvalue weighted by molar-refractivity contribution is 0.175. The van der Waals surface area contributed by atoms with Gasteiger partial charge in [-0.2, -0.15) is 0 Å². The van der Waals surface area contributed by atoms with E-state index in [1.165, 1.54) is 0 Å². The molecule has 0 aromatic carbocycles. The molecule has 0 spiro atoms. The highest BCUT2D eigenvalue weighted by molar-refractivity contribution is 5.03. The summed E-state index contributed by atoms with van der Waals surface area (Å²) in [6.07, 6.45) is 0. The van der Waals surface area contributed by atoms with Gasteiger partial charge in [-0.25, -0.2) is 4.63 Å². The summed E-state index contributed by atoms with van der Waals surface area (Å²) in [7, 11) is 0. The second kappa shape index (κ2) is 6.71. The van der Waals surface area contributed by atoms with Crippen molar-refractivity contribution in [2.75, 3.05) is 13.1 Å². The highest BCUT2D eigenvalue weighted by atomic mass is 16.6. The zero-order chi connectivity index (χ0) is 12.8.